The molecule has 18 aromatic rings. The maximum atomic E-state index is 2.61. The van der Waals surface area contributed by atoms with Crippen molar-refractivity contribution in [2.24, 2.45) is 0 Å². The molecule has 109 heavy (non-hydrogen) atoms. The zero-order valence-electron chi connectivity index (χ0n) is 59.6. The largest absolute Gasteiger partial charge is 0.311 e. The number of aromatic nitrogens is 1. The molecule has 0 radical (unpaired) electrons. The number of nitrogens with zero attached hydrogens (tertiary/aromatic N) is 5. The normalized spacial score (nSPS) is 12.8. The zero-order valence-corrected chi connectivity index (χ0v) is 59.6. The van der Waals surface area contributed by atoms with E-state index in [1.165, 1.54) is 88.1 Å². The van der Waals surface area contributed by atoms with E-state index in [9.17, 15) is 0 Å². The molecule has 0 spiro atoms. The molecule has 0 N–H and O–H groups in total. The van der Waals surface area contributed by atoms with Crippen LogP contribution in [0.3, 0.4) is 0 Å². The van der Waals surface area contributed by atoms with E-state index < -0.39 is 0 Å². The van der Waals surface area contributed by atoms with Crippen molar-refractivity contribution in [3.8, 4) is 72.4 Å². The highest BCUT2D eigenvalue weighted by Gasteiger charge is 2.47. The van der Waals surface area contributed by atoms with Crippen molar-refractivity contribution in [1.29, 1.82) is 0 Å². The Balaban J connectivity index is 0.838. The van der Waals surface area contributed by atoms with Gasteiger partial charge in [0.05, 0.1) is 11.0 Å². The quantitative estimate of drug-likeness (QED) is 0.120. The fourth-order valence-corrected chi connectivity index (χ4v) is 18.3. The van der Waals surface area contributed by atoms with Gasteiger partial charge in [-0.25, -0.2) is 0 Å². The lowest BCUT2D eigenvalue weighted by molar-refractivity contribution is 1.17. The molecule has 22 rings (SSSR count). The first kappa shape index (κ1) is 62.3. The van der Waals surface area contributed by atoms with Gasteiger partial charge in [0.15, 0.2) is 0 Å². The Morgan fingerprint density at radius 3 is 0.688 bits per heavy atom. The Morgan fingerprint density at radius 1 is 0.156 bits per heavy atom. The summed E-state index contributed by atoms with van der Waals surface area (Å²) in [6.45, 7) is -0.366. The van der Waals surface area contributed by atoms with Crippen molar-refractivity contribution in [3.63, 3.8) is 0 Å². The van der Waals surface area contributed by atoms with Gasteiger partial charge in [-0.15, -0.1) is 0 Å². The highest BCUT2D eigenvalue weighted by molar-refractivity contribution is 7.01. The van der Waals surface area contributed by atoms with E-state index in [1.54, 1.807) is 0 Å². The number of anilines is 12. The third-order valence-electron chi connectivity index (χ3n) is 23.1. The van der Waals surface area contributed by atoms with Crippen LogP contribution in [0.5, 0.6) is 0 Å². The van der Waals surface area contributed by atoms with E-state index in [4.69, 9.17) is 0 Å². The summed E-state index contributed by atoms with van der Waals surface area (Å²) in [4.78, 5) is 10.3. The maximum Gasteiger partial charge on any atom is 0.252 e. The van der Waals surface area contributed by atoms with Crippen LogP contribution in [0.2, 0.25) is 0 Å². The van der Waals surface area contributed by atoms with Crippen LogP contribution in [0.15, 0.2) is 406 Å². The van der Waals surface area contributed by atoms with Crippen LogP contribution < -0.4 is 52.4 Å². The first-order valence-electron chi connectivity index (χ1n) is 37.8. The van der Waals surface area contributed by atoms with Gasteiger partial charge in [0, 0.05) is 84.7 Å². The highest BCUT2D eigenvalue weighted by atomic mass is 15.2. The first-order valence-corrected chi connectivity index (χ1v) is 37.8. The van der Waals surface area contributed by atoms with Crippen LogP contribution in [-0.2, 0) is 0 Å². The average molecular weight is 1380 g/mol. The zero-order chi connectivity index (χ0) is 71.6. The van der Waals surface area contributed by atoms with E-state index in [0.717, 1.165) is 107 Å². The number of rotatable bonds is 11. The molecular formula is C102H67B2N5. The van der Waals surface area contributed by atoms with E-state index in [0.29, 0.717) is 0 Å². The van der Waals surface area contributed by atoms with E-state index in [-0.39, 0.29) is 13.4 Å². The highest BCUT2D eigenvalue weighted by Crippen LogP contribution is 2.51. The van der Waals surface area contributed by atoms with Crippen LogP contribution in [-0.4, -0.2) is 18.0 Å². The van der Waals surface area contributed by atoms with Crippen molar-refractivity contribution in [2.75, 3.05) is 19.6 Å². The molecular weight excluding hydrogens is 1320 g/mol. The Labute approximate surface area is 635 Å². The maximum absolute atomic E-state index is 2.61. The lowest BCUT2D eigenvalue weighted by Gasteiger charge is -2.44. The number of hydrogen-bond acceptors (Lipinski definition) is 4. The van der Waals surface area contributed by atoms with Gasteiger partial charge >= 0.3 is 0 Å². The predicted octanol–water partition coefficient (Wildman–Crippen LogP) is 23.0. The summed E-state index contributed by atoms with van der Waals surface area (Å²) >= 11 is 0. The summed E-state index contributed by atoms with van der Waals surface area (Å²) in [6.07, 6.45) is 0. The number of benzene rings is 17. The molecule has 0 saturated heterocycles. The lowest BCUT2D eigenvalue weighted by atomic mass is 9.33. The molecule has 0 aliphatic carbocycles. The van der Waals surface area contributed by atoms with Crippen molar-refractivity contribution in [1.82, 2.24) is 4.57 Å². The second-order valence-electron chi connectivity index (χ2n) is 29.1. The average Bonchev–Trinajstić information content (AvgIpc) is 1.68. The molecule has 5 nitrogen and oxygen atoms in total. The Bertz CT molecular complexity index is 6250. The van der Waals surface area contributed by atoms with Gasteiger partial charge in [-0.3, -0.25) is 0 Å². The van der Waals surface area contributed by atoms with Crippen molar-refractivity contribution in [3.05, 3.63) is 406 Å². The van der Waals surface area contributed by atoms with Crippen LogP contribution in [0, 0.1) is 0 Å². The van der Waals surface area contributed by atoms with E-state index in [1.807, 2.05) is 0 Å². The molecule has 4 aliphatic rings. The van der Waals surface area contributed by atoms with Crippen LogP contribution in [0.1, 0.15) is 0 Å². The fraction of sp³-hybridized carbons (Fsp3) is 0. The van der Waals surface area contributed by atoms with Gasteiger partial charge in [-0.05, 0) is 209 Å². The minimum absolute atomic E-state index is 0.183. The lowest BCUT2D eigenvalue weighted by Crippen LogP contribution is -2.61. The van der Waals surface area contributed by atoms with Gasteiger partial charge in [-0.1, -0.05) is 297 Å². The van der Waals surface area contributed by atoms with Gasteiger partial charge in [0.1, 0.15) is 0 Å². The molecule has 1 aromatic heterocycles. The molecule has 506 valence electrons. The SMILES string of the molecule is c1ccc(-c2cccc(N3c4cc(-c5ccccc5)ccc4B4c5cc6c7cc8c(cc7n(-c7ccccc7)c6cc5N(c5cccc(-c6ccccc6)c5)c5cccc3c54)N(c3cccc(-c4ccccc4)c3)c3cccc4c3B8c3ccc(-c5ccccc5)cc3N4c3cccc(-c4ccccc4)c3)c2)cc1. The molecule has 0 unspecified atom stereocenters. The molecule has 0 fully saturated rings. The standard InChI is InChI=1S/C102H67B2N5/c1-8-28-68(29-9-1)74-40-22-46-81(58-74)106-91-50-26-52-93-101(91)103(87-56-54-78(62-97(87)106)72-36-16-5-17-37-72)89-64-85-86-65-90-100(67-96(86)105(80-44-20-7-21-45-80)95(85)66-99(89)108(93)83-48-24-42-76(60-83)70-32-12-3-13-33-70)109(84-49-25-43-77(61-84)71-34-14-4-15-35-71)94-53-27-51-92-102(94)104(90)88-57-55-79(73-38-18-6-19-39-73)63-98(88)107(92)82-47-23-41-75(59-82)69-30-10-2-11-31-69/h1-67H. The van der Waals surface area contributed by atoms with Gasteiger partial charge in [0.25, 0.3) is 13.4 Å². The first-order chi connectivity index (χ1) is 54.1. The minimum Gasteiger partial charge on any atom is -0.311 e. The molecule has 7 heteroatoms. The molecule has 0 bridgehead atoms. The Morgan fingerprint density at radius 2 is 0.394 bits per heavy atom. The molecule has 17 aromatic carbocycles. The van der Waals surface area contributed by atoms with Crippen LogP contribution in [0.25, 0.3) is 94.3 Å². The Hall–Kier alpha value is -14.1. The van der Waals surface area contributed by atoms with Crippen molar-refractivity contribution in [2.45, 2.75) is 0 Å². The Kier molecular flexibility index (Phi) is 14.5. The molecule has 0 amide bonds. The molecule has 4 aliphatic heterocycles. The van der Waals surface area contributed by atoms with Crippen LogP contribution in [0.4, 0.5) is 68.2 Å². The minimum atomic E-state index is -0.183. The summed E-state index contributed by atoms with van der Waals surface area (Å²) in [6, 6.07) is 152. The van der Waals surface area contributed by atoms with Gasteiger partial charge in [0.2, 0.25) is 0 Å². The summed E-state index contributed by atoms with van der Waals surface area (Å²) in [5.74, 6) is 0. The predicted molar refractivity (Wildman–Crippen MR) is 461 cm³/mol. The molecule has 5 heterocycles. The second kappa shape index (κ2) is 25.3. The number of hydrogen-bond donors (Lipinski definition) is 0. The second-order valence-corrected chi connectivity index (χ2v) is 29.1. The van der Waals surface area contributed by atoms with Crippen molar-refractivity contribution < 1.29 is 0 Å². The van der Waals surface area contributed by atoms with E-state index >= 15 is 0 Å². The fourth-order valence-electron chi connectivity index (χ4n) is 18.3. The summed E-state index contributed by atoms with van der Waals surface area (Å²) in [7, 11) is 0. The number of para-hydroxylation sites is 1. The summed E-state index contributed by atoms with van der Waals surface area (Å²) in [5, 5.41) is 2.37. The summed E-state index contributed by atoms with van der Waals surface area (Å²) < 4.78 is 2.56. The van der Waals surface area contributed by atoms with Gasteiger partial charge < -0.3 is 24.2 Å². The van der Waals surface area contributed by atoms with Crippen LogP contribution >= 0.6 is 0 Å². The third-order valence-corrected chi connectivity index (χ3v) is 23.1. The van der Waals surface area contributed by atoms with Crippen molar-refractivity contribution >= 4 is 136 Å². The number of fused-ring (bicyclic) bond motifs is 11. The molecule has 0 atom stereocenters. The molecule has 0 saturated carbocycles. The summed E-state index contributed by atoms with van der Waals surface area (Å²) in [5.41, 5.74) is 38.4. The van der Waals surface area contributed by atoms with Gasteiger partial charge in [-0.2, -0.15) is 0 Å². The topological polar surface area (TPSA) is 17.9 Å². The smallest absolute Gasteiger partial charge is 0.252 e. The monoisotopic (exact) mass is 1380 g/mol. The third kappa shape index (κ3) is 10.1. The van der Waals surface area contributed by atoms with E-state index in [2.05, 4.69) is 431 Å².